The van der Waals surface area contributed by atoms with Crippen molar-refractivity contribution in [1.82, 2.24) is 0 Å². The van der Waals surface area contributed by atoms with Gasteiger partial charge in [-0.2, -0.15) is 0 Å². The van der Waals surface area contributed by atoms with Gasteiger partial charge in [0.2, 0.25) is 0 Å². The molecule has 0 bridgehead atoms. The molecule has 3 aromatic rings. The molecule has 0 saturated carbocycles. The van der Waals surface area contributed by atoms with Crippen LogP contribution in [0.25, 0.3) is 10.8 Å². The van der Waals surface area contributed by atoms with Gasteiger partial charge in [-0.1, -0.05) is 58.0 Å². The standard InChI is InChI=1S/C22H25NO3S/c1-14(2)20-12-18(13-21(15(3)4)22(20)24)23-27(25,26)19-10-9-16-7-5-6-8-17(16)11-19/h5-15,23-24H,1-4H3. The van der Waals surface area contributed by atoms with Crippen molar-refractivity contribution in [3.63, 3.8) is 0 Å². The summed E-state index contributed by atoms with van der Waals surface area (Å²) in [5.74, 6) is 0.397. The molecule has 0 aromatic heterocycles. The minimum Gasteiger partial charge on any atom is -0.507 e. The zero-order valence-corrected chi connectivity index (χ0v) is 16.8. The highest BCUT2D eigenvalue weighted by Crippen LogP contribution is 2.37. The summed E-state index contributed by atoms with van der Waals surface area (Å²) in [6.07, 6.45) is 0. The van der Waals surface area contributed by atoms with Gasteiger partial charge < -0.3 is 5.11 Å². The summed E-state index contributed by atoms with van der Waals surface area (Å²) in [6, 6.07) is 16.2. The number of hydrogen-bond donors (Lipinski definition) is 2. The second-order valence-corrected chi connectivity index (χ2v) is 9.11. The lowest BCUT2D eigenvalue weighted by Gasteiger charge is -2.18. The summed E-state index contributed by atoms with van der Waals surface area (Å²) >= 11 is 0. The predicted molar refractivity (Wildman–Crippen MR) is 111 cm³/mol. The third-order valence-corrected chi connectivity index (χ3v) is 6.08. The number of aromatic hydroxyl groups is 1. The number of anilines is 1. The molecule has 0 aliphatic rings. The van der Waals surface area contributed by atoms with Crippen molar-refractivity contribution in [3.05, 3.63) is 65.7 Å². The summed E-state index contributed by atoms with van der Waals surface area (Å²) < 4.78 is 28.5. The lowest BCUT2D eigenvalue weighted by Crippen LogP contribution is -2.13. The fourth-order valence-corrected chi connectivity index (χ4v) is 4.24. The molecule has 0 aliphatic carbocycles. The van der Waals surface area contributed by atoms with E-state index in [4.69, 9.17) is 0 Å². The number of benzene rings is 3. The van der Waals surface area contributed by atoms with Crippen LogP contribution in [0.1, 0.15) is 50.7 Å². The quantitative estimate of drug-likeness (QED) is 0.564. The molecule has 0 heterocycles. The molecule has 0 spiro atoms. The van der Waals surface area contributed by atoms with E-state index in [-0.39, 0.29) is 22.5 Å². The van der Waals surface area contributed by atoms with Gasteiger partial charge in [-0.05, 0) is 58.0 Å². The molecule has 0 amide bonds. The number of hydrogen-bond acceptors (Lipinski definition) is 3. The van der Waals surface area contributed by atoms with Gasteiger partial charge in [-0.3, -0.25) is 4.72 Å². The molecule has 0 fully saturated rings. The fourth-order valence-electron chi connectivity index (χ4n) is 3.17. The summed E-state index contributed by atoms with van der Waals surface area (Å²) in [6.45, 7) is 7.89. The molecule has 2 N–H and O–H groups in total. The molecular formula is C22H25NO3S. The number of sulfonamides is 1. The fraction of sp³-hybridized carbons (Fsp3) is 0.273. The van der Waals surface area contributed by atoms with E-state index in [1.165, 1.54) is 0 Å². The number of phenolic OH excluding ortho intramolecular Hbond substituents is 1. The highest BCUT2D eigenvalue weighted by molar-refractivity contribution is 7.92. The first kappa shape index (κ1) is 19.2. The van der Waals surface area contributed by atoms with Crippen LogP contribution in [0.2, 0.25) is 0 Å². The molecule has 0 aliphatic heterocycles. The molecule has 0 atom stereocenters. The van der Waals surface area contributed by atoms with E-state index in [2.05, 4.69) is 4.72 Å². The Labute approximate surface area is 160 Å². The second-order valence-electron chi connectivity index (χ2n) is 7.43. The first-order valence-electron chi connectivity index (χ1n) is 9.07. The first-order chi connectivity index (χ1) is 12.7. The highest BCUT2D eigenvalue weighted by atomic mass is 32.2. The van der Waals surface area contributed by atoms with Crippen molar-refractivity contribution in [1.29, 1.82) is 0 Å². The van der Waals surface area contributed by atoms with E-state index in [0.29, 0.717) is 5.69 Å². The number of nitrogens with one attached hydrogen (secondary N) is 1. The van der Waals surface area contributed by atoms with Crippen LogP contribution < -0.4 is 4.72 Å². The van der Waals surface area contributed by atoms with Crippen molar-refractivity contribution >= 4 is 26.5 Å². The number of phenols is 1. The van der Waals surface area contributed by atoms with Crippen LogP contribution in [0.15, 0.2) is 59.5 Å². The van der Waals surface area contributed by atoms with Crippen LogP contribution in [0, 0.1) is 0 Å². The first-order valence-corrected chi connectivity index (χ1v) is 10.6. The predicted octanol–water partition coefficient (Wildman–Crippen LogP) is 5.59. The van der Waals surface area contributed by atoms with Gasteiger partial charge in [0.05, 0.1) is 4.90 Å². The molecule has 27 heavy (non-hydrogen) atoms. The van der Waals surface area contributed by atoms with Crippen LogP contribution in [0.3, 0.4) is 0 Å². The van der Waals surface area contributed by atoms with Crippen molar-refractivity contribution in [3.8, 4) is 5.75 Å². The van der Waals surface area contributed by atoms with Crippen LogP contribution in [-0.2, 0) is 10.0 Å². The van der Waals surface area contributed by atoms with Gasteiger partial charge >= 0.3 is 0 Å². The Morgan fingerprint density at radius 1 is 0.815 bits per heavy atom. The summed E-state index contributed by atoms with van der Waals surface area (Å²) in [4.78, 5) is 0.214. The lowest BCUT2D eigenvalue weighted by atomic mass is 9.93. The smallest absolute Gasteiger partial charge is 0.261 e. The van der Waals surface area contributed by atoms with E-state index in [1.807, 2.05) is 52.0 Å². The zero-order chi connectivity index (χ0) is 19.8. The minimum absolute atomic E-state index is 0.0765. The van der Waals surface area contributed by atoms with Gasteiger partial charge in [-0.15, -0.1) is 0 Å². The molecule has 5 heteroatoms. The van der Waals surface area contributed by atoms with Gasteiger partial charge in [0.1, 0.15) is 5.75 Å². The maximum Gasteiger partial charge on any atom is 0.261 e. The number of fused-ring (bicyclic) bond motifs is 1. The monoisotopic (exact) mass is 383 g/mol. The minimum atomic E-state index is -3.73. The molecule has 0 radical (unpaired) electrons. The van der Waals surface area contributed by atoms with Gasteiger partial charge in [-0.25, -0.2) is 8.42 Å². The largest absolute Gasteiger partial charge is 0.507 e. The molecule has 0 saturated heterocycles. The van der Waals surface area contributed by atoms with E-state index >= 15 is 0 Å². The average Bonchev–Trinajstić information content (AvgIpc) is 2.61. The normalized spacial score (nSPS) is 12.1. The van der Waals surface area contributed by atoms with E-state index in [9.17, 15) is 13.5 Å². The Bertz CT molecular complexity index is 1060. The third-order valence-electron chi connectivity index (χ3n) is 4.70. The zero-order valence-electron chi connectivity index (χ0n) is 16.0. The summed E-state index contributed by atoms with van der Waals surface area (Å²) in [5.41, 5.74) is 1.93. The van der Waals surface area contributed by atoms with Crippen molar-refractivity contribution in [2.75, 3.05) is 4.72 Å². The average molecular weight is 384 g/mol. The summed E-state index contributed by atoms with van der Waals surface area (Å²) in [7, 11) is -3.73. The molecule has 0 unspecified atom stereocenters. The van der Waals surface area contributed by atoms with Crippen molar-refractivity contribution in [2.45, 2.75) is 44.4 Å². The van der Waals surface area contributed by atoms with Crippen LogP contribution in [0.4, 0.5) is 5.69 Å². The molecular weight excluding hydrogens is 358 g/mol. The van der Waals surface area contributed by atoms with Crippen LogP contribution in [-0.4, -0.2) is 13.5 Å². The number of rotatable bonds is 5. The Balaban J connectivity index is 2.04. The van der Waals surface area contributed by atoms with Crippen molar-refractivity contribution in [2.24, 2.45) is 0 Å². The topological polar surface area (TPSA) is 66.4 Å². The van der Waals surface area contributed by atoms with Crippen molar-refractivity contribution < 1.29 is 13.5 Å². The van der Waals surface area contributed by atoms with Gasteiger partial charge in [0.15, 0.2) is 0 Å². The van der Waals surface area contributed by atoms with Gasteiger partial charge in [0.25, 0.3) is 10.0 Å². The van der Waals surface area contributed by atoms with E-state index < -0.39 is 10.0 Å². The Morgan fingerprint density at radius 3 is 1.93 bits per heavy atom. The summed E-state index contributed by atoms with van der Waals surface area (Å²) in [5, 5.41) is 12.4. The Hall–Kier alpha value is -2.53. The maximum absolute atomic E-state index is 12.9. The Kier molecular flexibility index (Phi) is 5.16. The third kappa shape index (κ3) is 3.93. The maximum atomic E-state index is 12.9. The highest BCUT2D eigenvalue weighted by Gasteiger charge is 2.19. The van der Waals surface area contributed by atoms with Crippen LogP contribution >= 0.6 is 0 Å². The van der Waals surface area contributed by atoms with E-state index in [1.54, 1.807) is 30.3 Å². The van der Waals surface area contributed by atoms with Crippen LogP contribution in [0.5, 0.6) is 5.75 Å². The lowest BCUT2D eigenvalue weighted by molar-refractivity contribution is 0.454. The van der Waals surface area contributed by atoms with Gasteiger partial charge in [0, 0.05) is 5.69 Å². The SMILES string of the molecule is CC(C)c1cc(NS(=O)(=O)c2ccc3ccccc3c2)cc(C(C)C)c1O. The van der Waals surface area contributed by atoms with E-state index in [0.717, 1.165) is 21.9 Å². The molecule has 4 nitrogen and oxygen atoms in total. The Morgan fingerprint density at radius 2 is 1.37 bits per heavy atom. The molecule has 3 rings (SSSR count). The molecule has 3 aromatic carbocycles. The second kappa shape index (κ2) is 7.24. The molecule has 142 valence electrons.